The summed E-state index contributed by atoms with van der Waals surface area (Å²) in [6.07, 6.45) is 4.43. The zero-order chi connectivity index (χ0) is 18.7. The first-order chi connectivity index (χ1) is 12.5. The number of rotatable bonds is 5. The molecule has 0 radical (unpaired) electrons. The van der Waals surface area contributed by atoms with E-state index in [9.17, 15) is 14.4 Å². The summed E-state index contributed by atoms with van der Waals surface area (Å²) >= 11 is 0. The fraction of sp³-hybridized carbons (Fsp3) is 0.550. The number of urea groups is 1. The third-order valence-corrected chi connectivity index (χ3v) is 5.68. The van der Waals surface area contributed by atoms with E-state index in [-0.39, 0.29) is 24.4 Å². The lowest BCUT2D eigenvalue weighted by Crippen LogP contribution is -2.49. The number of likely N-dealkylation sites (tertiary alicyclic amines) is 1. The zero-order valence-electron chi connectivity index (χ0n) is 15.5. The predicted octanol–water partition coefficient (Wildman–Crippen LogP) is 2.63. The molecule has 0 saturated carbocycles. The van der Waals surface area contributed by atoms with Crippen LogP contribution in [0.1, 0.15) is 51.5 Å². The first-order valence-electron chi connectivity index (χ1n) is 9.52. The molecule has 2 aliphatic rings. The van der Waals surface area contributed by atoms with E-state index in [4.69, 9.17) is 0 Å². The Labute approximate surface area is 154 Å². The van der Waals surface area contributed by atoms with Crippen LogP contribution in [-0.4, -0.2) is 46.8 Å². The molecule has 4 amide bonds. The van der Waals surface area contributed by atoms with Crippen LogP contribution in [0.2, 0.25) is 0 Å². The van der Waals surface area contributed by atoms with E-state index >= 15 is 0 Å². The molecular weight excluding hydrogens is 330 g/mol. The molecule has 0 aliphatic carbocycles. The van der Waals surface area contributed by atoms with Crippen LogP contribution in [0.15, 0.2) is 30.3 Å². The molecule has 2 unspecified atom stereocenters. The number of imide groups is 1. The minimum atomic E-state index is -1.08. The summed E-state index contributed by atoms with van der Waals surface area (Å²) in [6.45, 7) is 4.46. The van der Waals surface area contributed by atoms with Gasteiger partial charge in [0.1, 0.15) is 12.1 Å². The molecule has 6 nitrogen and oxygen atoms in total. The Morgan fingerprint density at radius 3 is 2.58 bits per heavy atom. The summed E-state index contributed by atoms with van der Waals surface area (Å²) in [6, 6.07) is 8.96. The molecule has 2 fully saturated rings. The highest BCUT2D eigenvalue weighted by Gasteiger charge is 2.51. The van der Waals surface area contributed by atoms with E-state index in [0.717, 1.165) is 36.1 Å². The van der Waals surface area contributed by atoms with Crippen molar-refractivity contribution in [1.29, 1.82) is 0 Å². The third-order valence-electron chi connectivity index (χ3n) is 5.68. The molecule has 2 aliphatic heterocycles. The Kier molecular flexibility index (Phi) is 5.30. The summed E-state index contributed by atoms with van der Waals surface area (Å²) in [5, 5.41) is 2.83. The average molecular weight is 357 g/mol. The van der Waals surface area contributed by atoms with E-state index in [1.165, 1.54) is 0 Å². The van der Waals surface area contributed by atoms with Crippen molar-refractivity contribution in [1.82, 2.24) is 15.1 Å². The van der Waals surface area contributed by atoms with Gasteiger partial charge in [-0.3, -0.25) is 14.5 Å². The number of piperidine rings is 1. The Balaban J connectivity index is 1.80. The van der Waals surface area contributed by atoms with Crippen molar-refractivity contribution in [2.24, 2.45) is 0 Å². The van der Waals surface area contributed by atoms with Crippen LogP contribution in [-0.2, 0) is 15.1 Å². The quantitative estimate of drug-likeness (QED) is 0.824. The summed E-state index contributed by atoms with van der Waals surface area (Å²) < 4.78 is 0. The fourth-order valence-corrected chi connectivity index (χ4v) is 4.11. The largest absolute Gasteiger partial charge is 0.338 e. The van der Waals surface area contributed by atoms with Gasteiger partial charge in [0.2, 0.25) is 5.91 Å². The number of hydrogen-bond donors (Lipinski definition) is 1. The molecule has 2 atom stereocenters. The Morgan fingerprint density at radius 1 is 1.19 bits per heavy atom. The van der Waals surface area contributed by atoms with Crippen molar-refractivity contribution in [2.45, 2.75) is 57.5 Å². The van der Waals surface area contributed by atoms with Crippen molar-refractivity contribution in [3.05, 3.63) is 35.9 Å². The maximum Gasteiger partial charge on any atom is 0.325 e. The minimum Gasteiger partial charge on any atom is -0.338 e. The Hall–Kier alpha value is -2.37. The van der Waals surface area contributed by atoms with E-state index in [1.54, 1.807) is 0 Å². The van der Waals surface area contributed by atoms with E-state index in [2.05, 4.69) is 12.2 Å². The van der Waals surface area contributed by atoms with Gasteiger partial charge in [0.05, 0.1) is 0 Å². The Morgan fingerprint density at radius 2 is 1.92 bits per heavy atom. The molecule has 1 aromatic rings. The van der Waals surface area contributed by atoms with Crippen molar-refractivity contribution in [3.63, 3.8) is 0 Å². The predicted molar refractivity (Wildman–Crippen MR) is 98.3 cm³/mol. The van der Waals surface area contributed by atoms with Crippen LogP contribution in [0.5, 0.6) is 0 Å². The minimum absolute atomic E-state index is 0.139. The summed E-state index contributed by atoms with van der Waals surface area (Å²) in [7, 11) is 0. The van der Waals surface area contributed by atoms with Crippen molar-refractivity contribution in [2.75, 3.05) is 13.1 Å². The maximum absolute atomic E-state index is 13.1. The molecule has 2 heterocycles. The molecule has 1 N–H and O–H groups in total. The number of benzene rings is 1. The molecule has 0 aromatic heterocycles. The lowest BCUT2D eigenvalue weighted by atomic mass is 9.87. The number of amides is 4. The monoisotopic (exact) mass is 357 g/mol. The van der Waals surface area contributed by atoms with Crippen LogP contribution in [0, 0.1) is 0 Å². The fourth-order valence-electron chi connectivity index (χ4n) is 4.11. The van der Waals surface area contributed by atoms with Crippen LogP contribution < -0.4 is 5.32 Å². The molecular formula is C20H27N3O3. The van der Waals surface area contributed by atoms with Gasteiger partial charge in [0, 0.05) is 12.6 Å². The first kappa shape index (κ1) is 18.4. The maximum atomic E-state index is 13.1. The van der Waals surface area contributed by atoms with Gasteiger partial charge in [0.15, 0.2) is 0 Å². The molecule has 3 rings (SSSR count). The highest BCUT2D eigenvalue weighted by Crippen LogP contribution is 2.32. The van der Waals surface area contributed by atoms with Gasteiger partial charge in [0.25, 0.3) is 5.91 Å². The van der Waals surface area contributed by atoms with Crippen molar-refractivity contribution in [3.8, 4) is 0 Å². The van der Waals surface area contributed by atoms with Gasteiger partial charge in [-0.15, -0.1) is 0 Å². The van der Waals surface area contributed by atoms with Gasteiger partial charge in [-0.2, -0.15) is 0 Å². The summed E-state index contributed by atoms with van der Waals surface area (Å²) in [4.78, 5) is 41.4. The normalized spacial score (nSPS) is 26.2. The average Bonchev–Trinajstić information content (AvgIpc) is 2.93. The lowest BCUT2D eigenvalue weighted by Gasteiger charge is -2.36. The number of hydrogen-bond acceptors (Lipinski definition) is 3. The molecule has 0 bridgehead atoms. The molecule has 0 spiro atoms. The molecule has 26 heavy (non-hydrogen) atoms. The highest BCUT2D eigenvalue weighted by atomic mass is 16.2. The Bertz CT molecular complexity index is 691. The van der Waals surface area contributed by atoms with Gasteiger partial charge in [-0.25, -0.2) is 4.79 Å². The van der Waals surface area contributed by atoms with E-state index in [1.807, 2.05) is 42.2 Å². The van der Waals surface area contributed by atoms with Crippen molar-refractivity contribution < 1.29 is 14.4 Å². The van der Waals surface area contributed by atoms with Crippen LogP contribution in [0.3, 0.4) is 0 Å². The standard InChI is InChI=1S/C20H27N3O3/c1-3-16-12-8-9-13-22(16)17(24)14-23-18(25)20(4-2,21-19(23)26)15-10-6-5-7-11-15/h5-7,10-11,16H,3-4,8-9,12-14H2,1-2H3,(H,21,26). The van der Waals surface area contributed by atoms with Gasteiger partial charge >= 0.3 is 6.03 Å². The van der Waals surface area contributed by atoms with Crippen molar-refractivity contribution >= 4 is 17.8 Å². The van der Waals surface area contributed by atoms with E-state index < -0.39 is 11.6 Å². The second-order valence-electron chi connectivity index (χ2n) is 7.09. The second kappa shape index (κ2) is 7.48. The van der Waals surface area contributed by atoms with Crippen LogP contribution in [0.4, 0.5) is 4.79 Å². The number of carbonyl (C=O) groups is 3. The first-order valence-corrected chi connectivity index (χ1v) is 9.52. The molecule has 6 heteroatoms. The SMILES string of the molecule is CCC1CCCCN1C(=O)CN1C(=O)NC(CC)(c2ccccc2)C1=O. The van der Waals surface area contributed by atoms with Gasteiger partial charge in [-0.05, 0) is 37.7 Å². The molecule has 2 saturated heterocycles. The number of carbonyl (C=O) groups excluding carboxylic acids is 3. The number of nitrogens with one attached hydrogen (secondary N) is 1. The molecule has 140 valence electrons. The highest BCUT2D eigenvalue weighted by molar-refractivity contribution is 6.09. The smallest absolute Gasteiger partial charge is 0.325 e. The van der Waals surface area contributed by atoms with Gasteiger partial charge in [-0.1, -0.05) is 44.2 Å². The van der Waals surface area contributed by atoms with E-state index in [0.29, 0.717) is 13.0 Å². The number of nitrogens with zero attached hydrogens (tertiary/aromatic N) is 2. The third kappa shape index (κ3) is 3.08. The van der Waals surface area contributed by atoms with Gasteiger partial charge < -0.3 is 10.2 Å². The second-order valence-corrected chi connectivity index (χ2v) is 7.09. The lowest BCUT2D eigenvalue weighted by molar-refractivity contribution is -0.141. The zero-order valence-corrected chi connectivity index (χ0v) is 15.5. The topological polar surface area (TPSA) is 69.7 Å². The van der Waals surface area contributed by atoms with Crippen LogP contribution >= 0.6 is 0 Å². The summed E-state index contributed by atoms with van der Waals surface area (Å²) in [5.41, 5.74) is -0.329. The molecule has 1 aromatic carbocycles. The summed E-state index contributed by atoms with van der Waals surface area (Å²) in [5.74, 6) is -0.477. The van der Waals surface area contributed by atoms with Crippen LogP contribution in [0.25, 0.3) is 0 Å².